The van der Waals surface area contributed by atoms with Crippen LogP contribution in [0.4, 0.5) is 35.1 Å². The second-order valence-electron chi connectivity index (χ2n) is 4.96. The van der Waals surface area contributed by atoms with E-state index in [1.165, 1.54) is 0 Å². The van der Waals surface area contributed by atoms with Crippen LogP contribution in [0.1, 0.15) is 31.8 Å². The lowest BCUT2D eigenvalue weighted by Gasteiger charge is -2.09. The van der Waals surface area contributed by atoms with E-state index in [-0.39, 0.29) is 6.07 Å². The molecule has 0 heterocycles. The molecule has 0 bridgehead atoms. The van der Waals surface area contributed by atoms with Crippen LogP contribution in [0.2, 0.25) is 0 Å². The molecule has 0 aliphatic heterocycles. The molecule has 0 amide bonds. The van der Waals surface area contributed by atoms with Crippen molar-refractivity contribution in [3.05, 3.63) is 70.3 Å². The normalized spacial score (nSPS) is 11.5. The highest BCUT2D eigenvalue weighted by Gasteiger charge is 2.35. The van der Waals surface area contributed by atoms with Gasteiger partial charge in [-0.2, -0.15) is 26.3 Å². The van der Waals surface area contributed by atoms with Gasteiger partial charge in [0.1, 0.15) is 11.6 Å². The summed E-state index contributed by atoms with van der Waals surface area (Å²) in [7, 11) is 0. The number of halogens is 10. The Morgan fingerprint density at radius 1 is 0.714 bits per heavy atom. The largest absolute Gasteiger partial charge is 0.417 e. The second-order valence-corrected chi connectivity index (χ2v) is 5.65. The van der Waals surface area contributed by atoms with Gasteiger partial charge in [0.25, 0.3) is 10.5 Å². The predicted octanol–water partition coefficient (Wildman–Crippen LogP) is 6.45. The molecule has 0 N–H and O–H groups in total. The fourth-order valence-corrected chi connectivity index (χ4v) is 2.06. The maximum Gasteiger partial charge on any atom is 0.417 e. The van der Waals surface area contributed by atoms with Crippen molar-refractivity contribution in [2.75, 3.05) is 0 Å². The summed E-state index contributed by atoms with van der Waals surface area (Å²) < 4.78 is 98.0. The number of rotatable bonds is 2. The molecule has 0 spiro atoms. The minimum Gasteiger partial charge on any atom is -0.276 e. The third-order valence-electron chi connectivity index (χ3n) is 2.95. The monoisotopic (exact) mass is 452 g/mol. The van der Waals surface area contributed by atoms with E-state index in [4.69, 9.17) is 23.2 Å². The van der Waals surface area contributed by atoms with Gasteiger partial charge >= 0.3 is 12.4 Å². The summed E-state index contributed by atoms with van der Waals surface area (Å²) in [6.07, 6.45) is -9.48. The van der Waals surface area contributed by atoms with Crippen LogP contribution in [0.5, 0.6) is 0 Å². The molecule has 0 unspecified atom stereocenters. The average Bonchev–Trinajstić information content (AvgIpc) is 2.52. The van der Waals surface area contributed by atoms with E-state index in [0.717, 1.165) is 6.07 Å². The zero-order valence-electron chi connectivity index (χ0n) is 13.1. The van der Waals surface area contributed by atoms with E-state index in [0.29, 0.717) is 24.3 Å². The molecule has 28 heavy (non-hydrogen) atoms. The Morgan fingerprint density at radius 3 is 1.71 bits per heavy atom. The smallest absolute Gasteiger partial charge is 0.276 e. The molecule has 2 rings (SSSR count). The molecule has 0 fully saturated rings. The first-order chi connectivity index (χ1) is 12.6. The second kappa shape index (κ2) is 8.87. The molecule has 0 aromatic heterocycles. The van der Waals surface area contributed by atoms with Gasteiger partial charge in [0.05, 0.1) is 11.1 Å². The molecule has 0 saturated heterocycles. The van der Waals surface area contributed by atoms with Crippen molar-refractivity contribution in [3.8, 4) is 0 Å². The number of carbonyl (C=O) groups excluding carboxylic acids is 2. The summed E-state index contributed by atoms with van der Waals surface area (Å²) >= 11 is 9.83. The molecule has 0 radical (unpaired) electrons. The van der Waals surface area contributed by atoms with Gasteiger partial charge in [-0.25, -0.2) is 8.78 Å². The summed E-state index contributed by atoms with van der Waals surface area (Å²) in [4.78, 5) is 21.1. The van der Waals surface area contributed by atoms with E-state index in [1.807, 2.05) is 0 Å². The third-order valence-corrected chi connectivity index (χ3v) is 3.37. The van der Waals surface area contributed by atoms with Gasteiger partial charge in [0.2, 0.25) is 0 Å². The lowest BCUT2D eigenvalue weighted by molar-refractivity contribution is -0.138. The fourth-order valence-electron chi connectivity index (χ4n) is 1.79. The van der Waals surface area contributed by atoms with Gasteiger partial charge in [-0.1, -0.05) is 0 Å². The standard InChI is InChI=1S/2C8H3ClF4O/c9-7(14)4-1-5(8(11,12)13)3-6(10)2-4;9-7(14)5-2-1-4(10)3-6(5)8(11,12)13/h2*1-3H. The Hall–Kier alpha value is -2.20. The molecule has 0 atom stereocenters. The zero-order chi connectivity index (χ0) is 21.9. The average molecular weight is 453 g/mol. The van der Waals surface area contributed by atoms with E-state index in [2.05, 4.69) is 0 Å². The van der Waals surface area contributed by atoms with E-state index >= 15 is 0 Å². The van der Waals surface area contributed by atoms with Crippen LogP contribution in [-0.2, 0) is 12.4 Å². The zero-order valence-corrected chi connectivity index (χ0v) is 14.6. The first kappa shape index (κ1) is 23.8. The molecule has 2 aromatic rings. The summed E-state index contributed by atoms with van der Waals surface area (Å²) in [6, 6.07) is 3.11. The van der Waals surface area contributed by atoms with Crippen molar-refractivity contribution in [1.82, 2.24) is 0 Å². The maximum atomic E-state index is 12.6. The molecule has 2 aromatic carbocycles. The lowest BCUT2D eigenvalue weighted by Crippen LogP contribution is -2.11. The van der Waals surface area contributed by atoms with Gasteiger partial charge in [-0.15, -0.1) is 0 Å². The van der Waals surface area contributed by atoms with Crippen LogP contribution in [0.15, 0.2) is 36.4 Å². The number of hydrogen-bond acceptors (Lipinski definition) is 2. The SMILES string of the molecule is O=C(Cl)c1cc(F)cc(C(F)(F)F)c1.O=C(Cl)c1ccc(F)cc1C(F)(F)F. The summed E-state index contributed by atoms with van der Waals surface area (Å²) in [5, 5.41) is -2.40. The van der Waals surface area contributed by atoms with Gasteiger partial charge in [0, 0.05) is 11.1 Å². The van der Waals surface area contributed by atoms with Crippen LogP contribution in [0.25, 0.3) is 0 Å². The van der Waals surface area contributed by atoms with Crippen LogP contribution < -0.4 is 0 Å². The fraction of sp³-hybridized carbons (Fsp3) is 0.125. The van der Waals surface area contributed by atoms with Gasteiger partial charge in [0.15, 0.2) is 0 Å². The highest BCUT2D eigenvalue weighted by Crippen LogP contribution is 2.33. The Labute approximate surface area is 161 Å². The highest BCUT2D eigenvalue weighted by atomic mass is 35.5. The number of alkyl halides is 6. The Kier molecular flexibility index (Phi) is 7.55. The Bertz CT molecular complexity index is 891. The lowest BCUT2D eigenvalue weighted by atomic mass is 10.1. The van der Waals surface area contributed by atoms with Crippen LogP contribution in [0.3, 0.4) is 0 Å². The van der Waals surface area contributed by atoms with Gasteiger partial charge in [-0.05, 0) is 59.6 Å². The minimum atomic E-state index is -4.79. The number of hydrogen-bond donors (Lipinski definition) is 0. The summed E-state index contributed by atoms with van der Waals surface area (Å²) in [6.45, 7) is 0. The van der Waals surface area contributed by atoms with E-state index in [9.17, 15) is 44.7 Å². The van der Waals surface area contributed by atoms with Crippen molar-refractivity contribution in [2.45, 2.75) is 12.4 Å². The molecule has 2 nitrogen and oxygen atoms in total. The topological polar surface area (TPSA) is 34.1 Å². The van der Waals surface area contributed by atoms with Gasteiger partial charge < -0.3 is 0 Å². The molecule has 0 aliphatic carbocycles. The van der Waals surface area contributed by atoms with Crippen molar-refractivity contribution in [2.24, 2.45) is 0 Å². The molecule has 152 valence electrons. The third kappa shape index (κ3) is 6.75. The van der Waals surface area contributed by atoms with Gasteiger partial charge in [-0.3, -0.25) is 9.59 Å². The molecule has 12 heteroatoms. The van der Waals surface area contributed by atoms with Crippen molar-refractivity contribution in [1.29, 1.82) is 0 Å². The Morgan fingerprint density at radius 2 is 1.29 bits per heavy atom. The predicted molar refractivity (Wildman–Crippen MR) is 83.2 cm³/mol. The maximum absolute atomic E-state index is 12.6. The van der Waals surface area contributed by atoms with Crippen molar-refractivity contribution < 1.29 is 44.7 Å². The van der Waals surface area contributed by atoms with E-state index in [1.54, 1.807) is 0 Å². The molecular formula is C16H6Cl2F8O2. The Balaban J connectivity index is 0.000000280. The quantitative estimate of drug-likeness (QED) is 0.387. The molecule has 0 aliphatic rings. The minimum absolute atomic E-state index is 0.232. The first-order valence-corrected chi connectivity index (χ1v) is 7.52. The molecule has 0 saturated carbocycles. The van der Waals surface area contributed by atoms with Crippen LogP contribution in [-0.4, -0.2) is 10.5 Å². The van der Waals surface area contributed by atoms with Crippen molar-refractivity contribution >= 4 is 33.7 Å². The molecular weight excluding hydrogens is 447 g/mol. The van der Waals surface area contributed by atoms with Crippen molar-refractivity contribution in [3.63, 3.8) is 0 Å². The number of carbonyl (C=O) groups is 2. The first-order valence-electron chi connectivity index (χ1n) is 6.77. The van der Waals surface area contributed by atoms with Crippen LogP contribution in [0, 0.1) is 11.6 Å². The summed E-state index contributed by atoms with van der Waals surface area (Å²) in [5.74, 6) is -2.22. The van der Waals surface area contributed by atoms with E-state index < -0.39 is 56.7 Å². The summed E-state index contributed by atoms with van der Waals surface area (Å²) in [5.41, 5.74) is -3.86. The highest BCUT2D eigenvalue weighted by molar-refractivity contribution is 6.68. The van der Waals surface area contributed by atoms with Crippen LogP contribution >= 0.6 is 23.2 Å². The number of benzene rings is 2.